The molecule has 2 nitrogen and oxygen atoms in total. The number of benzene rings is 2. The predicted octanol–water partition coefficient (Wildman–Crippen LogP) is 3.99. The van der Waals surface area contributed by atoms with Crippen LogP contribution in [0.3, 0.4) is 0 Å². The Bertz CT molecular complexity index is 399. The highest BCUT2D eigenvalue weighted by molar-refractivity contribution is 14.1. The maximum absolute atomic E-state index is 8.91. The van der Waals surface area contributed by atoms with Crippen molar-refractivity contribution in [1.29, 1.82) is 0 Å². The highest BCUT2D eigenvalue weighted by Crippen LogP contribution is 2.16. The molecule has 2 N–H and O–H groups in total. The minimum Gasteiger partial charge on any atom is -0.508 e. The Morgan fingerprint density at radius 1 is 0.750 bits per heavy atom. The van der Waals surface area contributed by atoms with Crippen molar-refractivity contribution in [3.63, 3.8) is 0 Å². The maximum atomic E-state index is 8.91. The fourth-order valence-corrected chi connectivity index (χ4v) is 1.64. The van der Waals surface area contributed by atoms with Gasteiger partial charge in [0.05, 0.1) is 3.57 Å². The topological polar surface area (TPSA) is 40.5 Å². The molecule has 2 aromatic carbocycles. The Kier molecular flexibility index (Phi) is 5.89. The van der Waals surface area contributed by atoms with Gasteiger partial charge in [-0.1, -0.05) is 12.1 Å². The summed E-state index contributed by atoms with van der Waals surface area (Å²) in [6.45, 7) is 0. The molecule has 0 aliphatic heterocycles. The summed E-state index contributed by atoms with van der Waals surface area (Å²) in [6.07, 6.45) is 0. The van der Waals surface area contributed by atoms with Crippen LogP contribution in [0.25, 0.3) is 0 Å². The number of halogens is 2. The summed E-state index contributed by atoms with van der Waals surface area (Å²) < 4.78 is 2.03. The minimum absolute atomic E-state index is 0.324. The number of phenols is 2. The second kappa shape index (κ2) is 6.95. The quantitative estimate of drug-likeness (QED) is 0.609. The van der Waals surface area contributed by atoms with Gasteiger partial charge in [-0.2, -0.15) is 0 Å². The summed E-state index contributed by atoms with van der Waals surface area (Å²) in [4.78, 5) is 0. The third-order valence-electron chi connectivity index (χ3n) is 1.68. The van der Waals surface area contributed by atoms with Crippen LogP contribution in [0.1, 0.15) is 0 Å². The van der Waals surface area contributed by atoms with Gasteiger partial charge in [0.25, 0.3) is 0 Å². The van der Waals surface area contributed by atoms with Gasteiger partial charge in [0.2, 0.25) is 0 Å². The molecule has 0 bridgehead atoms. The summed E-state index contributed by atoms with van der Waals surface area (Å²) in [5.74, 6) is 0.679. The van der Waals surface area contributed by atoms with Gasteiger partial charge in [-0.3, -0.25) is 0 Å². The average Bonchev–Trinajstić information content (AvgIpc) is 2.28. The number of phenolic OH excluding ortho intramolecular Hbond substituents is 2. The van der Waals surface area contributed by atoms with Gasteiger partial charge < -0.3 is 10.2 Å². The van der Waals surface area contributed by atoms with Gasteiger partial charge in [-0.05, 0) is 81.6 Å². The second-order valence-electron chi connectivity index (χ2n) is 2.93. The first-order valence-electron chi connectivity index (χ1n) is 4.47. The minimum atomic E-state index is 0.324. The zero-order valence-corrected chi connectivity index (χ0v) is 12.6. The SMILES string of the molecule is Oc1ccc(I)cc1.Oc1ccccc1I. The molecule has 4 heteroatoms. The third-order valence-corrected chi connectivity index (χ3v) is 3.31. The van der Waals surface area contributed by atoms with Gasteiger partial charge in [0, 0.05) is 3.57 Å². The van der Waals surface area contributed by atoms with E-state index < -0.39 is 0 Å². The van der Waals surface area contributed by atoms with Crippen molar-refractivity contribution in [2.75, 3.05) is 0 Å². The van der Waals surface area contributed by atoms with Crippen molar-refractivity contribution in [3.05, 3.63) is 55.7 Å². The lowest BCUT2D eigenvalue weighted by Gasteiger charge is -1.90. The molecule has 0 saturated carbocycles. The standard InChI is InChI=1S/2C6H5IO/c7-5-1-3-6(8)4-2-5;7-5-3-1-2-4-6(5)8/h2*1-4,8H. The van der Waals surface area contributed by atoms with Crippen LogP contribution < -0.4 is 0 Å². The molecule has 0 radical (unpaired) electrons. The maximum Gasteiger partial charge on any atom is 0.128 e. The van der Waals surface area contributed by atoms with Crippen molar-refractivity contribution >= 4 is 45.2 Å². The molecule has 2 rings (SSSR count). The zero-order valence-electron chi connectivity index (χ0n) is 8.27. The lowest BCUT2D eigenvalue weighted by molar-refractivity contribution is 0.471. The molecule has 0 saturated heterocycles. The van der Waals surface area contributed by atoms with Crippen LogP contribution in [0.5, 0.6) is 11.5 Å². The Morgan fingerprint density at radius 3 is 1.69 bits per heavy atom. The summed E-state index contributed by atoms with van der Waals surface area (Å²) in [5.41, 5.74) is 0. The van der Waals surface area contributed by atoms with Crippen molar-refractivity contribution in [3.8, 4) is 11.5 Å². The molecule has 0 spiro atoms. The summed E-state index contributed by atoms with van der Waals surface area (Å²) in [7, 11) is 0. The number of rotatable bonds is 0. The number of hydrogen-bond donors (Lipinski definition) is 2. The van der Waals surface area contributed by atoms with Crippen LogP contribution in [-0.4, -0.2) is 10.2 Å². The molecule has 0 aliphatic rings. The van der Waals surface area contributed by atoms with Crippen LogP contribution >= 0.6 is 45.2 Å². The van der Waals surface area contributed by atoms with Crippen molar-refractivity contribution in [2.24, 2.45) is 0 Å². The monoisotopic (exact) mass is 440 g/mol. The van der Waals surface area contributed by atoms with E-state index in [0.717, 1.165) is 7.14 Å². The van der Waals surface area contributed by atoms with E-state index in [2.05, 4.69) is 45.2 Å². The average molecular weight is 440 g/mol. The molecule has 0 atom stereocenters. The van der Waals surface area contributed by atoms with Gasteiger partial charge in [-0.25, -0.2) is 0 Å². The molecule has 0 fully saturated rings. The van der Waals surface area contributed by atoms with E-state index in [1.807, 2.05) is 24.3 Å². The summed E-state index contributed by atoms with van der Waals surface area (Å²) in [6, 6.07) is 14.3. The van der Waals surface area contributed by atoms with E-state index in [1.54, 1.807) is 24.3 Å². The molecular formula is C12H10I2O2. The molecule has 0 unspecified atom stereocenters. The molecule has 16 heavy (non-hydrogen) atoms. The van der Waals surface area contributed by atoms with Crippen LogP contribution in [0.15, 0.2) is 48.5 Å². The molecular weight excluding hydrogens is 430 g/mol. The van der Waals surface area contributed by atoms with E-state index in [-0.39, 0.29) is 0 Å². The smallest absolute Gasteiger partial charge is 0.128 e. The first-order chi connectivity index (χ1) is 7.59. The van der Waals surface area contributed by atoms with Crippen molar-refractivity contribution in [2.45, 2.75) is 0 Å². The summed E-state index contributed by atoms with van der Waals surface area (Å²) in [5, 5.41) is 17.7. The van der Waals surface area contributed by atoms with Gasteiger partial charge >= 0.3 is 0 Å². The van der Waals surface area contributed by atoms with Gasteiger partial charge in [0.1, 0.15) is 11.5 Å². The Labute approximate surface area is 122 Å². The first kappa shape index (κ1) is 13.6. The summed E-state index contributed by atoms with van der Waals surface area (Å²) >= 11 is 4.26. The zero-order chi connectivity index (χ0) is 12.0. The highest BCUT2D eigenvalue weighted by Gasteiger charge is 1.89. The molecule has 84 valence electrons. The Morgan fingerprint density at radius 2 is 1.31 bits per heavy atom. The normalized spacial score (nSPS) is 9.12. The Hall–Kier alpha value is -0.500. The largest absolute Gasteiger partial charge is 0.508 e. The van der Waals surface area contributed by atoms with Crippen LogP contribution in [-0.2, 0) is 0 Å². The lowest BCUT2D eigenvalue weighted by atomic mass is 10.3. The fourth-order valence-electron chi connectivity index (χ4n) is 0.893. The second-order valence-corrected chi connectivity index (χ2v) is 5.34. The van der Waals surface area contributed by atoms with E-state index in [1.165, 1.54) is 0 Å². The van der Waals surface area contributed by atoms with E-state index in [4.69, 9.17) is 10.2 Å². The van der Waals surface area contributed by atoms with Crippen LogP contribution in [0.2, 0.25) is 0 Å². The van der Waals surface area contributed by atoms with Crippen molar-refractivity contribution < 1.29 is 10.2 Å². The number of hydrogen-bond acceptors (Lipinski definition) is 2. The van der Waals surface area contributed by atoms with Crippen molar-refractivity contribution in [1.82, 2.24) is 0 Å². The molecule has 0 aliphatic carbocycles. The van der Waals surface area contributed by atoms with E-state index >= 15 is 0 Å². The lowest BCUT2D eigenvalue weighted by Crippen LogP contribution is -1.67. The first-order valence-corrected chi connectivity index (χ1v) is 6.63. The highest BCUT2D eigenvalue weighted by atomic mass is 127. The van der Waals surface area contributed by atoms with E-state index in [0.29, 0.717) is 11.5 Å². The van der Waals surface area contributed by atoms with Gasteiger partial charge in [0.15, 0.2) is 0 Å². The number of para-hydroxylation sites is 1. The molecule has 2 aromatic rings. The Balaban J connectivity index is 0.000000160. The number of aromatic hydroxyl groups is 2. The third kappa shape index (κ3) is 5.02. The molecule has 0 amide bonds. The van der Waals surface area contributed by atoms with Gasteiger partial charge in [-0.15, -0.1) is 0 Å². The van der Waals surface area contributed by atoms with Crippen LogP contribution in [0.4, 0.5) is 0 Å². The van der Waals surface area contributed by atoms with E-state index in [9.17, 15) is 0 Å². The fraction of sp³-hybridized carbons (Fsp3) is 0. The molecule has 0 aromatic heterocycles. The van der Waals surface area contributed by atoms with Crippen LogP contribution in [0, 0.1) is 7.14 Å². The molecule has 0 heterocycles. The predicted molar refractivity (Wildman–Crippen MR) is 81.6 cm³/mol.